The first-order valence-corrected chi connectivity index (χ1v) is 7.77. The molecule has 0 saturated heterocycles. The van der Waals surface area contributed by atoms with Gasteiger partial charge in [-0.3, -0.25) is 4.99 Å². The standard InChI is InChI=1S/C14H13BrN4S/c1-9-8-20-14(16-2)19(9)18-7-10-6-17-13-4-3-11(15)5-12(10)13/h3-8,17H,1-2H3/b16-14?,18-7+. The summed E-state index contributed by atoms with van der Waals surface area (Å²) in [5.41, 5.74) is 3.23. The van der Waals surface area contributed by atoms with Crippen molar-refractivity contribution in [1.82, 2.24) is 9.66 Å². The second-order valence-electron chi connectivity index (χ2n) is 4.37. The number of rotatable bonds is 2. The van der Waals surface area contributed by atoms with E-state index in [1.165, 1.54) is 0 Å². The fourth-order valence-electron chi connectivity index (χ4n) is 2.02. The van der Waals surface area contributed by atoms with E-state index in [9.17, 15) is 0 Å². The van der Waals surface area contributed by atoms with Crippen LogP contribution in [0.5, 0.6) is 0 Å². The number of aromatic amines is 1. The van der Waals surface area contributed by atoms with Crippen LogP contribution in [0.2, 0.25) is 0 Å². The van der Waals surface area contributed by atoms with Crippen molar-refractivity contribution in [2.45, 2.75) is 6.92 Å². The Hall–Kier alpha value is -1.66. The number of H-pyrrole nitrogens is 1. The van der Waals surface area contributed by atoms with Gasteiger partial charge in [-0.15, -0.1) is 11.3 Å². The van der Waals surface area contributed by atoms with Gasteiger partial charge in [0.1, 0.15) is 0 Å². The third kappa shape index (κ3) is 2.36. The van der Waals surface area contributed by atoms with Crippen LogP contribution in [0, 0.1) is 6.92 Å². The Morgan fingerprint density at radius 2 is 2.25 bits per heavy atom. The van der Waals surface area contributed by atoms with E-state index in [1.54, 1.807) is 18.4 Å². The van der Waals surface area contributed by atoms with Crippen molar-refractivity contribution >= 4 is 44.4 Å². The number of hydrogen-bond donors (Lipinski definition) is 1. The normalized spacial score (nSPS) is 12.8. The zero-order chi connectivity index (χ0) is 14.1. The van der Waals surface area contributed by atoms with Crippen molar-refractivity contribution in [3.05, 3.63) is 50.3 Å². The first-order valence-electron chi connectivity index (χ1n) is 6.10. The molecule has 2 heterocycles. The van der Waals surface area contributed by atoms with E-state index in [2.05, 4.69) is 37.1 Å². The predicted octanol–water partition coefficient (Wildman–Crippen LogP) is 3.51. The van der Waals surface area contributed by atoms with Crippen molar-refractivity contribution in [1.29, 1.82) is 0 Å². The minimum atomic E-state index is 0.889. The Labute approximate surface area is 128 Å². The van der Waals surface area contributed by atoms with Crippen LogP contribution >= 0.6 is 27.3 Å². The van der Waals surface area contributed by atoms with Gasteiger partial charge in [0, 0.05) is 39.6 Å². The average molecular weight is 349 g/mol. The molecule has 20 heavy (non-hydrogen) atoms. The molecule has 0 fully saturated rings. The van der Waals surface area contributed by atoms with Crippen LogP contribution in [0.25, 0.3) is 10.9 Å². The van der Waals surface area contributed by atoms with Gasteiger partial charge in [0.15, 0.2) is 0 Å². The molecule has 0 aliphatic rings. The van der Waals surface area contributed by atoms with E-state index >= 15 is 0 Å². The summed E-state index contributed by atoms with van der Waals surface area (Å²) in [7, 11) is 1.78. The highest BCUT2D eigenvalue weighted by Crippen LogP contribution is 2.21. The van der Waals surface area contributed by atoms with Crippen molar-refractivity contribution in [2.24, 2.45) is 10.1 Å². The van der Waals surface area contributed by atoms with Crippen molar-refractivity contribution in [2.75, 3.05) is 7.05 Å². The lowest BCUT2D eigenvalue weighted by Gasteiger charge is -1.97. The van der Waals surface area contributed by atoms with Crippen molar-refractivity contribution in [3.63, 3.8) is 0 Å². The second kappa shape index (κ2) is 5.38. The van der Waals surface area contributed by atoms with Crippen LogP contribution in [0.1, 0.15) is 11.3 Å². The maximum absolute atomic E-state index is 4.53. The summed E-state index contributed by atoms with van der Waals surface area (Å²) in [6.07, 6.45) is 3.82. The molecule has 0 aliphatic heterocycles. The Balaban J connectivity index is 2.07. The summed E-state index contributed by atoms with van der Waals surface area (Å²) >= 11 is 5.09. The Morgan fingerprint density at radius 1 is 1.40 bits per heavy atom. The molecule has 4 nitrogen and oxygen atoms in total. The molecule has 0 aliphatic carbocycles. The van der Waals surface area contributed by atoms with Crippen LogP contribution in [0.4, 0.5) is 0 Å². The fraction of sp³-hybridized carbons (Fsp3) is 0.143. The molecule has 3 aromatic rings. The highest BCUT2D eigenvalue weighted by Gasteiger charge is 2.03. The summed E-state index contributed by atoms with van der Waals surface area (Å²) in [6.45, 7) is 2.02. The predicted molar refractivity (Wildman–Crippen MR) is 87.5 cm³/mol. The van der Waals surface area contributed by atoms with Crippen LogP contribution < -0.4 is 4.80 Å². The molecule has 0 amide bonds. The lowest BCUT2D eigenvalue weighted by Crippen LogP contribution is -2.11. The summed E-state index contributed by atoms with van der Waals surface area (Å²) in [5, 5.41) is 7.72. The van der Waals surface area contributed by atoms with Crippen molar-refractivity contribution < 1.29 is 0 Å². The summed E-state index contributed by atoms with van der Waals surface area (Å²) in [5.74, 6) is 0. The van der Waals surface area contributed by atoms with Gasteiger partial charge < -0.3 is 4.98 Å². The number of hydrogen-bond acceptors (Lipinski definition) is 3. The number of halogens is 1. The molecule has 3 rings (SSSR count). The maximum Gasteiger partial charge on any atom is 0.205 e. The van der Waals surface area contributed by atoms with Crippen LogP contribution in [-0.4, -0.2) is 22.9 Å². The largest absolute Gasteiger partial charge is 0.361 e. The first kappa shape index (κ1) is 13.3. The van der Waals surface area contributed by atoms with Gasteiger partial charge in [0.25, 0.3) is 0 Å². The lowest BCUT2D eigenvalue weighted by molar-refractivity contribution is 0.805. The molecule has 102 valence electrons. The topological polar surface area (TPSA) is 45.4 Å². The van der Waals surface area contributed by atoms with E-state index in [-0.39, 0.29) is 0 Å². The third-order valence-electron chi connectivity index (χ3n) is 3.03. The molecule has 0 unspecified atom stereocenters. The van der Waals surface area contributed by atoms with Gasteiger partial charge >= 0.3 is 0 Å². The van der Waals surface area contributed by atoms with Crippen LogP contribution in [-0.2, 0) is 0 Å². The molecule has 1 N–H and O–H groups in total. The molecule has 0 bridgehead atoms. The van der Waals surface area contributed by atoms with Crippen LogP contribution in [0.15, 0.2) is 44.3 Å². The Bertz CT molecular complexity index is 854. The number of thiazole rings is 1. The number of aryl methyl sites for hydroxylation is 1. The Kier molecular flexibility index (Phi) is 3.58. The van der Waals surface area contributed by atoms with Gasteiger partial charge in [-0.2, -0.15) is 5.10 Å². The van der Waals surface area contributed by atoms with Gasteiger partial charge in [0.2, 0.25) is 4.80 Å². The zero-order valence-electron chi connectivity index (χ0n) is 11.1. The second-order valence-corrected chi connectivity index (χ2v) is 6.13. The molecule has 0 saturated carbocycles. The Morgan fingerprint density at radius 3 is 3.05 bits per heavy atom. The molecule has 0 spiro atoms. The van der Waals surface area contributed by atoms with Gasteiger partial charge in [-0.05, 0) is 25.1 Å². The quantitative estimate of drug-likeness (QED) is 0.689. The van der Waals surface area contributed by atoms with Gasteiger partial charge in [-0.25, -0.2) is 4.68 Å². The minimum Gasteiger partial charge on any atom is -0.361 e. The summed E-state index contributed by atoms with van der Waals surface area (Å²) in [6, 6.07) is 6.15. The van der Waals surface area contributed by atoms with E-state index in [0.717, 1.165) is 31.4 Å². The summed E-state index contributed by atoms with van der Waals surface area (Å²) in [4.78, 5) is 8.36. The SMILES string of the molecule is CN=c1scc(C)n1/N=C/c1c[nH]c2ccc(Br)cc12. The molecule has 6 heteroatoms. The minimum absolute atomic E-state index is 0.889. The molecule has 1 aromatic carbocycles. The number of nitrogens with zero attached hydrogens (tertiary/aromatic N) is 3. The van der Waals surface area contributed by atoms with E-state index in [1.807, 2.05) is 41.5 Å². The molecular weight excluding hydrogens is 336 g/mol. The van der Waals surface area contributed by atoms with E-state index in [0.29, 0.717) is 0 Å². The maximum atomic E-state index is 4.53. The molecular formula is C14H13BrN4S. The smallest absolute Gasteiger partial charge is 0.205 e. The molecule has 0 radical (unpaired) electrons. The lowest BCUT2D eigenvalue weighted by atomic mass is 10.2. The first-order chi connectivity index (χ1) is 9.69. The molecule has 2 aromatic heterocycles. The van der Waals surface area contributed by atoms with E-state index in [4.69, 9.17) is 0 Å². The monoisotopic (exact) mass is 348 g/mol. The van der Waals surface area contributed by atoms with E-state index < -0.39 is 0 Å². The third-order valence-corrected chi connectivity index (χ3v) is 4.55. The average Bonchev–Trinajstić information content (AvgIpc) is 3.00. The van der Waals surface area contributed by atoms with Crippen molar-refractivity contribution in [3.8, 4) is 0 Å². The highest BCUT2D eigenvalue weighted by molar-refractivity contribution is 9.10. The number of nitrogens with one attached hydrogen (secondary N) is 1. The fourth-order valence-corrected chi connectivity index (χ4v) is 3.15. The number of benzene rings is 1. The number of fused-ring (bicyclic) bond motifs is 1. The number of aromatic nitrogens is 2. The summed E-state index contributed by atoms with van der Waals surface area (Å²) < 4.78 is 2.91. The van der Waals surface area contributed by atoms with Crippen LogP contribution in [0.3, 0.4) is 0 Å². The highest BCUT2D eigenvalue weighted by atomic mass is 79.9. The van der Waals surface area contributed by atoms with Gasteiger partial charge in [-0.1, -0.05) is 15.9 Å². The van der Waals surface area contributed by atoms with Gasteiger partial charge in [0.05, 0.1) is 11.9 Å². The molecule has 0 atom stereocenters. The zero-order valence-corrected chi connectivity index (χ0v) is 13.5.